The van der Waals surface area contributed by atoms with Gasteiger partial charge in [0.05, 0.1) is 11.8 Å². The lowest BCUT2D eigenvalue weighted by atomic mass is 10.3. The van der Waals surface area contributed by atoms with E-state index in [4.69, 9.17) is 5.11 Å². The zero-order valence-electron chi connectivity index (χ0n) is 9.74. The van der Waals surface area contributed by atoms with Crippen molar-refractivity contribution in [1.29, 1.82) is 0 Å². The number of hydrogen-bond acceptors (Lipinski definition) is 5. The molecule has 5 heteroatoms. The number of aliphatic hydroxyl groups excluding tert-OH is 1. The quantitative estimate of drug-likeness (QED) is 0.790. The van der Waals surface area contributed by atoms with Crippen molar-refractivity contribution >= 4 is 16.5 Å². The summed E-state index contributed by atoms with van der Waals surface area (Å²) in [6.45, 7) is 5.19. The van der Waals surface area contributed by atoms with Crippen LogP contribution in [0.4, 0.5) is 5.13 Å². The van der Waals surface area contributed by atoms with Crippen LogP contribution in [0, 0.1) is 6.92 Å². The molecule has 0 amide bonds. The molecule has 15 heavy (non-hydrogen) atoms. The third kappa shape index (κ3) is 3.77. The molecule has 1 heterocycles. The molecule has 1 unspecified atom stereocenters. The number of rotatable bonds is 5. The van der Waals surface area contributed by atoms with E-state index in [9.17, 15) is 0 Å². The number of aliphatic hydroxyl groups is 1. The lowest BCUT2D eigenvalue weighted by Gasteiger charge is -2.06. The van der Waals surface area contributed by atoms with E-state index in [1.807, 2.05) is 25.9 Å². The molecule has 0 spiro atoms. The molecule has 1 aromatic rings. The fourth-order valence-electron chi connectivity index (χ4n) is 1.16. The largest absolute Gasteiger partial charge is 0.392 e. The van der Waals surface area contributed by atoms with Gasteiger partial charge < -0.3 is 15.3 Å². The third-order valence-electron chi connectivity index (χ3n) is 1.99. The Bertz CT molecular complexity index is 310. The molecule has 2 N–H and O–H groups in total. The highest BCUT2D eigenvalue weighted by molar-refractivity contribution is 7.15. The second kappa shape index (κ2) is 5.44. The molecule has 0 aliphatic heterocycles. The Morgan fingerprint density at radius 2 is 2.20 bits per heavy atom. The lowest BCUT2D eigenvalue weighted by molar-refractivity contribution is 0.191. The monoisotopic (exact) mass is 229 g/mol. The van der Waals surface area contributed by atoms with Gasteiger partial charge in [0.25, 0.3) is 0 Å². The van der Waals surface area contributed by atoms with Gasteiger partial charge in [0, 0.05) is 32.1 Å². The Kier molecular flexibility index (Phi) is 4.50. The van der Waals surface area contributed by atoms with Crippen molar-refractivity contribution in [2.24, 2.45) is 0 Å². The maximum Gasteiger partial charge on any atom is 0.185 e. The Labute approximate surface area is 94.9 Å². The van der Waals surface area contributed by atoms with E-state index in [2.05, 4.69) is 10.3 Å². The van der Waals surface area contributed by atoms with E-state index >= 15 is 0 Å². The zero-order chi connectivity index (χ0) is 11.4. The van der Waals surface area contributed by atoms with Gasteiger partial charge in [-0.15, -0.1) is 11.3 Å². The molecule has 0 aromatic carbocycles. The van der Waals surface area contributed by atoms with Crippen LogP contribution in [0.5, 0.6) is 0 Å². The summed E-state index contributed by atoms with van der Waals surface area (Å²) in [6, 6.07) is 0. The Morgan fingerprint density at radius 1 is 1.53 bits per heavy atom. The van der Waals surface area contributed by atoms with Crippen LogP contribution >= 0.6 is 11.3 Å². The van der Waals surface area contributed by atoms with E-state index < -0.39 is 0 Å². The van der Waals surface area contributed by atoms with Crippen molar-refractivity contribution < 1.29 is 5.11 Å². The maximum atomic E-state index is 9.11. The third-order valence-corrected chi connectivity index (χ3v) is 3.31. The summed E-state index contributed by atoms with van der Waals surface area (Å²) in [5.41, 5.74) is 1.07. The molecule has 0 aliphatic carbocycles. The van der Waals surface area contributed by atoms with Crippen molar-refractivity contribution in [3.8, 4) is 0 Å². The molecule has 1 aromatic heterocycles. The molecule has 1 atom stereocenters. The van der Waals surface area contributed by atoms with Gasteiger partial charge >= 0.3 is 0 Å². The van der Waals surface area contributed by atoms with Crippen molar-refractivity contribution in [2.75, 3.05) is 25.5 Å². The lowest BCUT2D eigenvalue weighted by Crippen LogP contribution is -2.23. The second-order valence-electron chi connectivity index (χ2n) is 3.88. The minimum atomic E-state index is -0.299. The number of aryl methyl sites for hydroxylation is 1. The first-order valence-corrected chi connectivity index (χ1v) is 5.84. The SMILES string of the molecule is Cc1nc(N(C)C)sc1CNCC(C)O. The summed E-state index contributed by atoms with van der Waals surface area (Å²) < 4.78 is 0. The number of nitrogens with zero attached hydrogens (tertiary/aromatic N) is 2. The first-order chi connectivity index (χ1) is 7.00. The Balaban J connectivity index is 2.53. The number of anilines is 1. The van der Waals surface area contributed by atoms with Crippen molar-refractivity contribution in [2.45, 2.75) is 26.5 Å². The topological polar surface area (TPSA) is 48.4 Å². The minimum Gasteiger partial charge on any atom is -0.392 e. The van der Waals surface area contributed by atoms with Crippen LogP contribution in [-0.4, -0.2) is 36.8 Å². The fraction of sp³-hybridized carbons (Fsp3) is 0.700. The molecule has 1 rings (SSSR count). The zero-order valence-corrected chi connectivity index (χ0v) is 10.6. The van der Waals surface area contributed by atoms with Crippen LogP contribution in [0.3, 0.4) is 0 Å². The molecular weight excluding hydrogens is 210 g/mol. The van der Waals surface area contributed by atoms with Crippen LogP contribution < -0.4 is 10.2 Å². The predicted octanol–water partition coefficient (Wildman–Crippen LogP) is 0.988. The summed E-state index contributed by atoms with van der Waals surface area (Å²) in [7, 11) is 3.98. The number of nitrogens with one attached hydrogen (secondary N) is 1. The fourth-order valence-corrected chi connectivity index (χ4v) is 2.12. The molecule has 86 valence electrons. The molecule has 0 saturated heterocycles. The van der Waals surface area contributed by atoms with Crippen LogP contribution in [0.1, 0.15) is 17.5 Å². The Morgan fingerprint density at radius 3 is 2.67 bits per heavy atom. The predicted molar refractivity (Wildman–Crippen MR) is 64.6 cm³/mol. The van der Waals surface area contributed by atoms with Gasteiger partial charge in [0.15, 0.2) is 5.13 Å². The van der Waals surface area contributed by atoms with Crippen LogP contribution in [-0.2, 0) is 6.54 Å². The summed E-state index contributed by atoms with van der Waals surface area (Å²) in [5.74, 6) is 0. The molecule has 0 bridgehead atoms. The van der Waals surface area contributed by atoms with Gasteiger partial charge in [0.2, 0.25) is 0 Å². The summed E-state index contributed by atoms with van der Waals surface area (Å²) in [5, 5.41) is 13.3. The molecule has 0 fully saturated rings. The van der Waals surface area contributed by atoms with Crippen molar-refractivity contribution in [3.05, 3.63) is 10.6 Å². The number of hydrogen-bond donors (Lipinski definition) is 2. The molecular formula is C10H19N3OS. The first kappa shape index (κ1) is 12.4. The van der Waals surface area contributed by atoms with Crippen LogP contribution in [0.25, 0.3) is 0 Å². The van der Waals surface area contributed by atoms with E-state index in [0.29, 0.717) is 6.54 Å². The Hall–Kier alpha value is -0.650. The summed E-state index contributed by atoms with van der Waals surface area (Å²) >= 11 is 1.69. The average Bonchev–Trinajstić information content (AvgIpc) is 2.47. The van der Waals surface area contributed by atoms with Gasteiger partial charge in [-0.05, 0) is 13.8 Å². The second-order valence-corrected chi connectivity index (χ2v) is 4.94. The van der Waals surface area contributed by atoms with Gasteiger partial charge in [-0.2, -0.15) is 0 Å². The molecule has 4 nitrogen and oxygen atoms in total. The molecule has 0 aliphatic rings. The van der Waals surface area contributed by atoms with E-state index in [-0.39, 0.29) is 6.10 Å². The van der Waals surface area contributed by atoms with Gasteiger partial charge in [-0.1, -0.05) is 0 Å². The minimum absolute atomic E-state index is 0.299. The van der Waals surface area contributed by atoms with E-state index in [1.54, 1.807) is 18.3 Å². The van der Waals surface area contributed by atoms with Crippen molar-refractivity contribution in [1.82, 2.24) is 10.3 Å². The first-order valence-electron chi connectivity index (χ1n) is 5.03. The van der Waals surface area contributed by atoms with E-state index in [1.165, 1.54) is 4.88 Å². The van der Waals surface area contributed by atoms with Crippen molar-refractivity contribution in [3.63, 3.8) is 0 Å². The number of thiazole rings is 1. The van der Waals surface area contributed by atoms with Gasteiger partial charge in [-0.25, -0.2) is 4.98 Å². The molecule has 0 radical (unpaired) electrons. The highest BCUT2D eigenvalue weighted by atomic mass is 32.1. The van der Waals surface area contributed by atoms with Crippen LogP contribution in [0.15, 0.2) is 0 Å². The summed E-state index contributed by atoms with van der Waals surface area (Å²) in [4.78, 5) is 7.70. The maximum absolute atomic E-state index is 9.11. The van der Waals surface area contributed by atoms with Gasteiger partial charge in [0.1, 0.15) is 0 Å². The normalized spacial score (nSPS) is 12.9. The van der Waals surface area contributed by atoms with E-state index in [0.717, 1.165) is 17.4 Å². The average molecular weight is 229 g/mol. The van der Waals surface area contributed by atoms with Gasteiger partial charge in [-0.3, -0.25) is 0 Å². The number of aromatic nitrogens is 1. The standard InChI is InChI=1S/C10H19N3OS/c1-7(14)5-11-6-9-8(2)12-10(15-9)13(3)4/h7,11,14H,5-6H2,1-4H3. The smallest absolute Gasteiger partial charge is 0.185 e. The molecule has 0 saturated carbocycles. The highest BCUT2D eigenvalue weighted by Crippen LogP contribution is 2.24. The van der Waals surface area contributed by atoms with Crippen LogP contribution in [0.2, 0.25) is 0 Å². The summed E-state index contributed by atoms with van der Waals surface area (Å²) in [6.07, 6.45) is -0.299. The highest BCUT2D eigenvalue weighted by Gasteiger charge is 2.08.